The highest BCUT2D eigenvalue weighted by atomic mass is 15.0. The molecular weight excluding hydrogens is 330 g/mol. The molecule has 0 saturated heterocycles. The SMILES string of the molecule is N#CNc1cc(-c2ccccc2)c2cc(C=Cc3ccccc3)ccc2n1. The van der Waals surface area contributed by atoms with Gasteiger partial charge >= 0.3 is 0 Å². The van der Waals surface area contributed by atoms with E-state index in [4.69, 9.17) is 5.26 Å². The van der Waals surface area contributed by atoms with Gasteiger partial charge in [0.1, 0.15) is 5.82 Å². The molecule has 0 fully saturated rings. The third-order valence-electron chi connectivity index (χ3n) is 4.37. The van der Waals surface area contributed by atoms with E-state index >= 15 is 0 Å². The fourth-order valence-corrected chi connectivity index (χ4v) is 3.08. The van der Waals surface area contributed by atoms with Crippen molar-refractivity contribution in [3.05, 3.63) is 96.1 Å². The second kappa shape index (κ2) is 7.55. The summed E-state index contributed by atoms with van der Waals surface area (Å²) < 4.78 is 0. The first kappa shape index (κ1) is 16.6. The number of hydrogen-bond donors (Lipinski definition) is 1. The number of hydrogen-bond acceptors (Lipinski definition) is 3. The highest BCUT2D eigenvalue weighted by Crippen LogP contribution is 2.31. The molecule has 0 bridgehead atoms. The number of anilines is 1. The lowest BCUT2D eigenvalue weighted by Gasteiger charge is -2.10. The van der Waals surface area contributed by atoms with Gasteiger partial charge in [-0.05, 0) is 40.5 Å². The molecule has 4 aromatic rings. The standard InChI is InChI=1S/C24H17N3/c25-17-26-24-16-21(20-9-5-2-6-10-20)22-15-19(13-14-23(22)27-24)12-11-18-7-3-1-4-8-18/h1-16H,(H,26,27). The van der Waals surface area contributed by atoms with Crippen LogP contribution >= 0.6 is 0 Å². The number of nitriles is 1. The Morgan fingerprint density at radius 3 is 2.22 bits per heavy atom. The largest absolute Gasteiger partial charge is 0.277 e. The molecule has 0 unspecified atom stereocenters. The molecule has 128 valence electrons. The summed E-state index contributed by atoms with van der Waals surface area (Å²) >= 11 is 0. The van der Waals surface area contributed by atoms with E-state index < -0.39 is 0 Å². The van der Waals surface area contributed by atoms with Gasteiger partial charge in [-0.25, -0.2) is 4.98 Å². The van der Waals surface area contributed by atoms with Crippen molar-refractivity contribution in [3.63, 3.8) is 0 Å². The van der Waals surface area contributed by atoms with Crippen LogP contribution in [-0.2, 0) is 0 Å². The summed E-state index contributed by atoms with van der Waals surface area (Å²) in [6.45, 7) is 0. The maximum Gasteiger partial charge on any atom is 0.182 e. The first-order valence-corrected chi connectivity index (χ1v) is 8.72. The molecule has 0 radical (unpaired) electrons. The maximum absolute atomic E-state index is 8.97. The van der Waals surface area contributed by atoms with E-state index in [9.17, 15) is 0 Å². The van der Waals surface area contributed by atoms with Crippen molar-refractivity contribution in [3.8, 4) is 17.3 Å². The number of nitrogens with zero attached hydrogens (tertiary/aromatic N) is 2. The Labute approximate surface area is 158 Å². The van der Waals surface area contributed by atoms with Crippen molar-refractivity contribution in [1.29, 1.82) is 5.26 Å². The lowest BCUT2D eigenvalue weighted by molar-refractivity contribution is 1.36. The normalized spacial score (nSPS) is 10.8. The molecule has 0 amide bonds. The first-order chi connectivity index (χ1) is 13.3. The van der Waals surface area contributed by atoms with Crippen molar-refractivity contribution in [2.45, 2.75) is 0 Å². The number of pyridine rings is 1. The van der Waals surface area contributed by atoms with E-state index in [1.54, 1.807) is 0 Å². The van der Waals surface area contributed by atoms with Crippen molar-refractivity contribution >= 4 is 28.9 Å². The fraction of sp³-hybridized carbons (Fsp3) is 0. The Bertz CT molecular complexity index is 1140. The maximum atomic E-state index is 8.97. The lowest BCUT2D eigenvalue weighted by Crippen LogP contribution is -1.94. The second-order valence-corrected chi connectivity index (χ2v) is 6.18. The van der Waals surface area contributed by atoms with Crippen LogP contribution in [0.3, 0.4) is 0 Å². The van der Waals surface area contributed by atoms with Crippen LogP contribution in [0.25, 0.3) is 34.2 Å². The Balaban J connectivity index is 1.83. The number of fused-ring (bicyclic) bond motifs is 1. The van der Waals surface area contributed by atoms with Crippen LogP contribution in [0.2, 0.25) is 0 Å². The quantitative estimate of drug-likeness (QED) is 0.281. The Hall–Kier alpha value is -3.90. The van der Waals surface area contributed by atoms with Gasteiger partial charge in [-0.3, -0.25) is 5.32 Å². The number of nitrogens with one attached hydrogen (secondary N) is 1. The van der Waals surface area contributed by atoms with Crippen LogP contribution in [0.1, 0.15) is 11.1 Å². The van der Waals surface area contributed by atoms with Crippen LogP contribution in [0.5, 0.6) is 0 Å². The summed E-state index contributed by atoms with van der Waals surface area (Å²) in [6, 6.07) is 28.5. The summed E-state index contributed by atoms with van der Waals surface area (Å²) in [6.07, 6.45) is 6.16. The minimum atomic E-state index is 0.552. The molecule has 0 saturated carbocycles. The summed E-state index contributed by atoms with van der Waals surface area (Å²) in [7, 11) is 0. The topological polar surface area (TPSA) is 48.7 Å². The predicted octanol–water partition coefficient (Wildman–Crippen LogP) is 5.97. The predicted molar refractivity (Wildman–Crippen MR) is 112 cm³/mol. The number of rotatable bonds is 4. The molecule has 0 aliphatic rings. The third kappa shape index (κ3) is 3.70. The average Bonchev–Trinajstić information content (AvgIpc) is 2.73. The summed E-state index contributed by atoms with van der Waals surface area (Å²) in [5, 5.41) is 12.7. The van der Waals surface area contributed by atoms with Crippen molar-refractivity contribution in [1.82, 2.24) is 4.98 Å². The molecule has 1 aromatic heterocycles. The van der Waals surface area contributed by atoms with Gasteiger partial charge in [-0.15, -0.1) is 0 Å². The van der Waals surface area contributed by atoms with Crippen molar-refractivity contribution < 1.29 is 0 Å². The minimum Gasteiger partial charge on any atom is -0.277 e. The summed E-state index contributed by atoms with van der Waals surface area (Å²) in [5.74, 6) is 0.552. The lowest BCUT2D eigenvalue weighted by atomic mass is 9.99. The molecule has 0 aliphatic heterocycles. The van der Waals surface area contributed by atoms with Gasteiger partial charge in [-0.2, -0.15) is 5.26 Å². The van der Waals surface area contributed by atoms with Gasteiger partial charge in [-0.1, -0.05) is 78.9 Å². The molecule has 0 atom stereocenters. The smallest absolute Gasteiger partial charge is 0.182 e. The number of benzene rings is 3. The van der Waals surface area contributed by atoms with E-state index in [1.165, 1.54) is 0 Å². The van der Waals surface area contributed by atoms with Gasteiger partial charge in [0.05, 0.1) is 5.52 Å². The van der Waals surface area contributed by atoms with E-state index in [0.717, 1.165) is 33.2 Å². The van der Waals surface area contributed by atoms with Gasteiger partial charge in [0.15, 0.2) is 6.19 Å². The van der Waals surface area contributed by atoms with Crippen LogP contribution < -0.4 is 5.32 Å². The van der Waals surface area contributed by atoms with Crippen LogP contribution in [0.15, 0.2) is 84.9 Å². The summed E-state index contributed by atoms with van der Waals surface area (Å²) in [5.41, 5.74) is 5.26. The van der Waals surface area contributed by atoms with Crippen molar-refractivity contribution in [2.75, 3.05) is 5.32 Å². The second-order valence-electron chi connectivity index (χ2n) is 6.18. The highest BCUT2D eigenvalue weighted by Gasteiger charge is 2.08. The van der Waals surface area contributed by atoms with Gasteiger partial charge in [0, 0.05) is 5.39 Å². The van der Waals surface area contributed by atoms with E-state index in [1.807, 2.05) is 60.8 Å². The number of aromatic nitrogens is 1. The Kier molecular flexibility index (Phi) is 4.63. The fourth-order valence-electron chi connectivity index (χ4n) is 3.08. The molecule has 0 spiro atoms. The van der Waals surface area contributed by atoms with Crippen LogP contribution in [0, 0.1) is 11.5 Å². The molecule has 3 nitrogen and oxygen atoms in total. The average molecular weight is 347 g/mol. The van der Waals surface area contributed by atoms with Crippen LogP contribution in [-0.4, -0.2) is 4.98 Å². The molecule has 4 rings (SSSR count). The monoisotopic (exact) mass is 347 g/mol. The molecule has 0 aliphatic carbocycles. The van der Waals surface area contributed by atoms with E-state index in [0.29, 0.717) is 5.82 Å². The minimum absolute atomic E-state index is 0.552. The van der Waals surface area contributed by atoms with E-state index in [-0.39, 0.29) is 0 Å². The zero-order valence-corrected chi connectivity index (χ0v) is 14.6. The highest BCUT2D eigenvalue weighted by molar-refractivity contribution is 5.97. The Morgan fingerprint density at radius 1 is 0.778 bits per heavy atom. The van der Waals surface area contributed by atoms with Gasteiger partial charge in [0.25, 0.3) is 0 Å². The molecule has 1 N–H and O–H groups in total. The third-order valence-corrected chi connectivity index (χ3v) is 4.37. The Morgan fingerprint density at radius 2 is 1.48 bits per heavy atom. The zero-order chi connectivity index (χ0) is 18.5. The summed E-state index contributed by atoms with van der Waals surface area (Å²) in [4.78, 5) is 4.55. The molecule has 3 aromatic carbocycles. The zero-order valence-electron chi connectivity index (χ0n) is 14.6. The van der Waals surface area contributed by atoms with Crippen LogP contribution in [0.4, 0.5) is 5.82 Å². The molecule has 27 heavy (non-hydrogen) atoms. The van der Waals surface area contributed by atoms with Crippen molar-refractivity contribution in [2.24, 2.45) is 0 Å². The molecule has 1 heterocycles. The molecule has 3 heteroatoms. The van der Waals surface area contributed by atoms with E-state index in [2.05, 4.69) is 52.8 Å². The van der Waals surface area contributed by atoms with Gasteiger partial charge < -0.3 is 0 Å². The molecular formula is C24H17N3. The first-order valence-electron chi connectivity index (χ1n) is 8.72. The van der Waals surface area contributed by atoms with Gasteiger partial charge in [0.2, 0.25) is 0 Å².